The van der Waals surface area contributed by atoms with Gasteiger partial charge < -0.3 is 24.4 Å². The maximum atomic E-state index is 12.5. The monoisotopic (exact) mass is 432 g/mol. The zero-order chi connectivity index (χ0) is 21.7. The highest BCUT2D eigenvalue weighted by Crippen LogP contribution is 2.66. The summed E-state index contributed by atoms with van der Waals surface area (Å²) in [5.41, 5.74) is 4.26. The molecule has 5 atom stereocenters. The van der Waals surface area contributed by atoms with Crippen LogP contribution in [0, 0.1) is 0 Å². The smallest absolute Gasteiger partial charge is 0.166 e. The molecule has 2 aromatic carbocycles. The quantitative estimate of drug-likeness (QED) is 0.789. The fourth-order valence-corrected chi connectivity index (χ4v) is 8.10. The summed E-state index contributed by atoms with van der Waals surface area (Å²) < 4.78 is 12.7. The van der Waals surface area contributed by atoms with E-state index in [-0.39, 0.29) is 23.6 Å². The molecule has 1 saturated heterocycles. The number of nitrogens with zero attached hydrogens (tertiary/aromatic N) is 2. The average molecular weight is 433 g/mol. The third kappa shape index (κ3) is 2.12. The highest BCUT2D eigenvalue weighted by Gasteiger charge is 2.73. The molecule has 0 unspecified atom stereocenters. The Hall–Kier alpha value is -2.24. The predicted molar refractivity (Wildman–Crippen MR) is 124 cm³/mol. The first-order chi connectivity index (χ1) is 15.6. The Bertz CT molecular complexity index is 1100. The van der Waals surface area contributed by atoms with Gasteiger partial charge in [-0.1, -0.05) is 24.3 Å². The van der Waals surface area contributed by atoms with Crippen LogP contribution in [-0.2, 0) is 18.3 Å². The number of hydrogen-bond acceptors (Lipinski definition) is 5. The molecule has 5 aliphatic rings. The van der Waals surface area contributed by atoms with Crippen molar-refractivity contribution in [3.05, 3.63) is 53.1 Å². The van der Waals surface area contributed by atoms with Crippen LogP contribution in [0.5, 0.6) is 11.5 Å². The lowest BCUT2D eigenvalue weighted by Gasteiger charge is -2.64. The second-order valence-electron chi connectivity index (χ2n) is 10.5. The summed E-state index contributed by atoms with van der Waals surface area (Å²) in [7, 11) is 3.91. The van der Waals surface area contributed by atoms with E-state index in [0.717, 1.165) is 56.7 Å². The molecule has 7 rings (SSSR count). The second-order valence-corrected chi connectivity index (χ2v) is 10.5. The van der Waals surface area contributed by atoms with Crippen LogP contribution in [0.2, 0.25) is 0 Å². The van der Waals surface area contributed by atoms with Crippen LogP contribution >= 0.6 is 0 Å². The third-order valence-electron chi connectivity index (χ3n) is 9.45. The third-order valence-corrected chi connectivity index (χ3v) is 9.45. The number of piperidine rings is 1. The average Bonchev–Trinajstić information content (AvgIpc) is 3.17. The fourth-order valence-electron chi connectivity index (χ4n) is 8.10. The van der Waals surface area contributed by atoms with Crippen LogP contribution in [0.1, 0.15) is 42.4 Å². The summed E-state index contributed by atoms with van der Waals surface area (Å²) in [5, 5.41) is 12.5. The molecule has 5 heteroatoms. The number of rotatable bonds is 2. The normalized spacial score (nSPS) is 36.8. The van der Waals surface area contributed by atoms with Crippen molar-refractivity contribution < 1.29 is 14.6 Å². The molecule has 2 aromatic rings. The van der Waals surface area contributed by atoms with E-state index in [4.69, 9.17) is 9.47 Å². The summed E-state index contributed by atoms with van der Waals surface area (Å²) in [5.74, 6) is 1.71. The van der Waals surface area contributed by atoms with Crippen molar-refractivity contribution >= 4 is 5.69 Å². The van der Waals surface area contributed by atoms with Crippen molar-refractivity contribution in [2.45, 2.75) is 67.7 Å². The lowest BCUT2D eigenvalue weighted by atomic mass is 9.48. The molecule has 1 saturated carbocycles. The van der Waals surface area contributed by atoms with Gasteiger partial charge in [-0.3, -0.25) is 0 Å². The maximum Gasteiger partial charge on any atom is 0.166 e. The Morgan fingerprint density at radius 3 is 2.84 bits per heavy atom. The Balaban J connectivity index is 1.43. The van der Waals surface area contributed by atoms with Gasteiger partial charge >= 0.3 is 0 Å². The van der Waals surface area contributed by atoms with E-state index in [9.17, 15) is 5.11 Å². The van der Waals surface area contributed by atoms with Crippen molar-refractivity contribution in [3.8, 4) is 11.5 Å². The Morgan fingerprint density at radius 2 is 1.97 bits per heavy atom. The molecule has 2 aliphatic carbocycles. The van der Waals surface area contributed by atoms with Crippen LogP contribution in [0.3, 0.4) is 0 Å². The van der Waals surface area contributed by atoms with Crippen molar-refractivity contribution in [1.82, 2.24) is 4.90 Å². The number of benzene rings is 2. The lowest BCUT2D eigenvalue weighted by Crippen LogP contribution is -2.78. The van der Waals surface area contributed by atoms with Crippen LogP contribution in [0.15, 0.2) is 36.4 Å². The molecule has 5 nitrogen and oxygen atoms in total. The first-order valence-corrected chi connectivity index (χ1v) is 12.2. The number of likely N-dealkylation sites (N-methyl/N-ethyl adjacent to an activating group) is 1. The maximum absolute atomic E-state index is 12.5. The van der Waals surface area contributed by atoms with Crippen LogP contribution < -0.4 is 14.4 Å². The van der Waals surface area contributed by atoms with Crippen molar-refractivity contribution in [2.24, 2.45) is 0 Å². The molecular weight excluding hydrogens is 400 g/mol. The highest BCUT2D eigenvalue weighted by atomic mass is 16.5. The van der Waals surface area contributed by atoms with Crippen LogP contribution in [-0.4, -0.2) is 61.0 Å². The van der Waals surface area contributed by atoms with Crippen LogP contribution in [0.4, 0.5) is 5.69 Å². The first kappa shape index (κ1) is 19.2. The van der Waals surface area contributed by atoms with Gasteiger partial charge in [-0.25, -0.2) is 0 Å². The number of likely N-dealkylation sites (tertiary alicyclic amines) is 1. The molecule has 32 heavy (non-hydrogen) atoms. The van der Waals surface area contributed by atoms with Gasteiger partial charge in [0, 0.05) is 23.8 Å². The molecule has 1 spiro atoms. The number of methoxy groups -OCH3 is 1. The summed E-state index contributed by atoms with van der Waals surface area (Å²) in [6.07, 6.45) is 5.84. The van der Waals surface area contributed by atoms with Crippen molar-refractivity contribution in [2.75, 3.05) is 32.1 Å². The topological polar surface area (TPSA) is 45.2 Å². The molecule has 3 heterocycles. The highest BCUT2D eigenvalue weighted by molar-refractivity contribution is 5.64. The number of aryl methyl sites for hydroxylation is 1. The zero-order valence-electron chi connectivity index (χ0n) is 19.0. The molecule has 0 amide bonds. The lowest BCUT2D eigenvalue weighted by molar-refractivity contribution is -0.184. The summed E-state index contributed by atoms with van der Waals surface area (Å²) in [6.45, 7) is 2.05. The van der Waals surface area contributed by atoms with Gasteiger partial charge in [-0.15, -0.1) is 0 Å². The fraction of sp³-hybridized carbons (Fsp3) is 0.556. The molecule has 3 aliphatic heterocycles. The van der Waals surface area contributed by atoms with Gasteiger partial charge in [0.05, 0.1) is 24.2 Å². The molecule has 2 bridgehead atoms. The largest absolute Gasteiger partial charge is 0.493 e. The minimum Gasteiger partial charge on any atom is -0.493 e. The van der Waals surface area contributed by atoms with E-state index < -0.39 is 5.60 Å². The van der Waals surface area contributed by atoms with Gasteiger partial charge in [0.2, 0.25) is 0 Å². The number of ether oxygens (including phenoxy) is 2. The summed E-state index contributed by atoms with van der Waals surface area (Å²) in [6, 6.07) is 13.5. The van der Waals surface area contributed by atoms with Crippen LogP contribution in [0.25, 0.3) is 0 Å². The minimum absolute atomic E-state index is 0.0612. The summed E-state index contributed by atoms with van der Waals surface area (Å²) in [4.78, 5) is 5.00. The van der Waals surface area contributed by atoms with Crippen molar-refractivity contribution in [3.63, 3.8) is 0 Å². The molecule has 1 N–H and O–H groups in total. The Kier molecular flexibility index (Phi) is 3.86. The van der Waals surface area contributed by atoms with Gasteiger partial charge in [-0.05, 0) is 75.4 Å². The number of hydrogen-bond donors (Lipinski definition) is 1. The van der Waals surface area contributed by atoms with E-state index in [1.807, 2.05) is 0 Å². The molecular formula is C27H32N2O3. The van der Waals surface area contributed by atoms with E-state index in [1.165, 1.54) is 28.8 Å². The number of anilines is 1. The van der Waals surface area contributed by atoms with E-state index in [2.05, 4.69) is 53.2 Å². The molecule has 0 aromatic heterocycles. The van der Waals surface area contributed by atoms with Gasteiger partial charge in [0.1, 0.15) is 6.10 Å². The Labute approximate surface area is 189 Å². The van der Waals surface area contributed by atoms with E-state index in [1.54, 1.807) is 7.11 Å². The molecule has 168 valence electrons. The van der Waals surface area contributed by atoms with Crippen molar-refractivity contribution in [1.29, 1.82) is 0 Å². The number of fused-ring (bicyclic) bond motifs is 1. The SMILES string of the molecule is COc1ccc2c3c1O[C@H]1[C@H](N4CCCc5ccccc54)CC[C@@]4(O)[C@@H](C2)N(C)CC[C@]314. The Morgan fingerprint density at radius 1 is 1.09 bits per heavy atom. The van der Waals surface area contributed by atoms with Gasteiger partial charge in [0.25, 0.3) is 0 Å². The minimum atomic E-state index is -0.763. The van der Waals surface area contributed by atoms with Gasteiger partial charge in [-0.2, -0.15) is 0 Å². The standard InChI is InChI=1S/C27H32N2O3/c1-28-15-13-26-23-18-9-10-21(31-2)24(23)32-25(26)20(11-12-27(26,30)22(28)16-18)29-14-5-7-17-6-3-4-8-19(17)29/h3-4,6,8-10,20,22,25,30H,5,7,11-16H2,1-2H3/t20-,22-,25+,26+,27-/m1/s1. The number of aliphatic hydroxyl groups is 1. The van der Waals surface area contributed by atoms with E-state index >= 15 is 0 Å². The second kappa shape index (κ2) is 6.42. The first-order valence-electron chi connectivity index (χ1n) is 12.2. The predicted octanol–water partition coefficient (Wildman–Crippen LogP) is 3.30. The summed E-state index contributed by atoms with van der Waals surface area (Å²) >= 11 is 0. The van der Waals surface area contributed by atoms with E-state index in [0.29, 0.717) is 0 Å². The number of para-hydroxylation sites is 1. The molecule has 0 radical (unpaired) electrons. The zero-order valence-corrected chi connectivity index (χ0v) is 19.0. The van der Waals surface area contributed by atoms with Gasteiger partial charge in [0.15, 0.2) is 11.5 Å². The molecule has 2 fully saturated rings.